The summed E-state index contributed by atoms with van der Waals surface area (Å²) in [5, 5.41) is 20.9. The van der Waals surface area contributed by atoms with Crippen LogP contribution < -0.4 is 10.5 Å². The lowest BCUT2D eigenvalue weighted by Crippen LogP contribution is -2.34. The number of phenolic OH excluding ortho intramolecular Hbond substituents is 1. The second-order valence-electron chi connectivity index (χ2n) is 6.11. The Balaban J connectivity index is 2.02. The Morgan fingerprint density at radius 2 is 1.96 bits per heavy atom. The van der Waals surface area contributed by atoms with Crippen LogP contribution in [0.5, 0.6) is 5.75 Å². The highest BCUT2D eigenvalue weighted by atomic mass is 16.6. The van der Waals surface area contributed by atoms with E-state index in [1.807, 2.05) is 6.92 Å². The molecule has 0 aliphatic carbocycles. The van der Waals surface area contributed by atoms with E-state index in [4.69, 9.17) is 0 Å². The minimum absolute atomic E-state index is 0.0393. The second kappa shape index (κ2) is 6.83. The molecule has 26 heavy (non-hydrogen) atoms. The van der Waals surface area contributed by atoms with Gasteiger partial charge in [0.2, 0.25) is 5.82 Å². The summed E-state index contributed by atoms with van der Waals surface area (Å²) in [6.07, 6.45) is 2.03. The van der Waals surface area contributed by atoms with Crippen LogP contribution in [-0.2, 0) is 6.42 Å². The van der Waals surface area contributed by atoms with Crippen LogP contribution in [0.25, 0.3) is 5.65 Å². The smallest absolute Gasteiger partial charge is 0.376 e. The fraction of sp³-hybridized carbons (Fsp3) is 0.222. The third-order valence-corrected chi connectivity index (χ3v) is 4.34. The third kappa shape index (κ3) is 3.21. The number of hydrogen-bond donors (Lipinski definition) is 1. The number of phenols is 1. The number of benzene rings is 1. The van der Waals surface area contributed by atoms with Crippen LogP contribution >= 0.6 is 0 Å². The summed E-state index contributed by atoms with van der Waals surface area (Å²) in [5.74, 6) is 0.215. The van der Waals surface area contributed by atoms with E-state index < -0.39 is 16.2 Å². The lowest BCUT2D eigenvalue weighted by molar-refractivity contribution is -0.385. The highest BCUT2D eigenvalue weighted by Gasteiger charge is 2.28. The molecule has 0 aliphatic rings. The van der Waals surface area contributed by atoms with Gasteiger partial charge >= 0.3 is 11.2 Å². The molecule has 3 aromatic rings. The first-order valence-electron chi connectivity index (χ1n) is 8.05. The van der Waals surface area contributed by atoms with Crippen molar-refractivity contribution in [2.75, 3.05) is 11.9 Å². The number of pyridine rings is 1. The van der Waals surface area contributed by atoms with E-state index in [1.165, 1.54) is 10.6 Å². The van der Waals surface area contributed by atoms with Crippen molar-refractivity contribution in [2.24, 2.45) is 0 Å². The highest BCUT2D eigenvalue weighted by Crippen LogP contribution is 2.24. The monoisotopic (exact) mass is 354 g/mol. The van der Waals surface area contributed by atoms with Crippen molar-refractivity contribution in [3.05, 3.63) is 74.7 Å². The third-order valence-electron chi connectivity index (χ3n) is 4.34. The molecule has 1 N–H and O–H groups in total. The van der Waals surface area contributed by atoms with Gasteiger partial charge in [0.05, 0.1) is 4.92 Å². The van der Waals surface area contributed by atoms with Gasteiger partial charge in [0, 0.05) is 19.3 Å². The van der Waals surface area contributed by atoms with Crippen LogP contribution in [0.1, 0.15) is 12.5 Å². The fourth-order valence-electron chi connectivity index (χ4n) is 2.79. The molecule has 0 bridgehead atoms. The zero-order valence-corrected chi connectivity index (χ0v) is 14.4. The second-order valence-corrected chi connectivity index (χ2v) is 6.11. The molecule has 0 saturated carbocycles. The Kier molecular flexibility index (Phi) is 4.57. The molecule has 0 fully saturated rings. The van der Waals surface area contributed by atoms with Crippen molar-refractivity contribution >= 4 is 17.2 Å². The Morgan fingerprint density at radius 3 is 2.62 bits per heavy atom. The van der Waals surface area contributed by atoms with Gasteiger partial charge in [0.1, 0.15) is 11.4 Å². The average molecular weight is 354 g/mol. The number of rotatable bonds is 5. The Morgan fingerprint density at radius 1 is 1.27 bits per heavy atom. The predicted molar refractivity (Wildman–Crippen MR) is 97.8 cm³/mol. The summed E-state index contributed by atoms with van der Waals surface area (Å²) in [6.45, 7) is 1.89. The zero-order chi connectivity index (χ0) is 18.8. The molecule has 2 heterocycles. The largest absolute Gasteiger partial charge is 0.508 e. The Bertz CT molecular complexity index is 1010. The van der Waals surface area contributed by atoms with E-state index in [1.54, 1.807) is 54.4 Å². The van der Waals surface area contributed by atoms with Gasteiger partial charge in [-0.15, -0.1) is 0 Å². The van der Waals surface area contributed by atoms with Crippen LogP contribution in [0.4, 0.5) is 11.5 Å². The highest BCUT2D eigenvalue weighted by molar-refractivity contribution is 5.61. The molecule has 0 radical (unpaired) electrons. The molecule has 8 heteroatoms. The van der Waals surface area contributed by atoms with Crippen molar-refractivity contribution in [1.82, 2.24) is 9.38 Å². The van der Waals surface area contributed by atoms with E-state index >= 15 is 0 Å². The van der Waals surface area contributed by atoms with E-state index in [2.05, 4.69) is 4.98 Å². The van der Waals surface area contributed by atoms with Gasteiger partial charge in [-0.25, -0.2) is 4.98 Å². The minimum atomic E-state index is -0.709. The molecule has 8 nitrogen and oxygen atoms in total. The summed E-state index contributed by atoms with van der Waals surface area (Å²) >= 11 is 0. The van der Waals surface area contributed by atoms with Crippen molar-refractivity contribution in [3.8, 4) is 5.75 Å². The van der Waals surface area contributed by atoms with Crippen molar-refractivity contribution in [2.45, 2.75) is 19.4 Å². The average Bonchev–Trinajstić information content (AvgIpc) is 2.62. The lowest BCUT2D eigenvalue weighted by Gasteiger charge is -2.25. The summed E-state index contributed by atoms with van der Waals surface area (Å²) in [7, 11) is 1.68. The molecule has 134 valence electrons. The Labute approximate surface area is 149 Å². The van der Waals surface area contributed by atoms with Gasteiger partial charge in [-0.05, 0) is 43.2 Å². The van der Waals surface area contributed by atoms with Gasteiger partial charge < -0.3 is 10.0 Å². The lowest BCUT2D eigenvalue weighted by atomic mass is 10.1. The number of hydrogen-bond acceptors (Lipinski definition) is 6. The quantitative estimate of drug-likeness (QED) is 0.558. The maximum absolute atomic E-state index is 12.5. The molecule has 1 atom stereocenters. The van der Waals surface area contributed by atoms with Gasteiger partial charge in [-0.1, -0.05) is 18.2 Å². The predicted octanol–water partition coefficient (Wildman–Crippen LogP) is 2.38. The molecule has 0 aliphatic heterocycles. The molecular formula is C18H18N4O4. The first-order chi connectivity index (χ1) is 12.4. The van der Waals surface area contributed by atoms with Crippen molar-refractivity contribution in [3.63, 3.8) is 0 Å². The van der Waals surface area contributed by atoms with Crippen LogP contribution in [0.3, 0.4) is 0 Å². The zero-order valence-electron chi connectivity index (χ0n) is 14.4. The SMILES string of the molecule is C[C@H](Cc1ccc(O)cc1)N(C)c1nc2ccccn2c(=O)c1[N+](=O)[O-]. The maximum Gasteiger partial charge on any atom is 0.376 e. The summed E-state index contributed by atoms with van der Waals surface area (Å²) < 4.78 is 1.17. The molecule has 0 amide bonds. The van der Waals surface area contributed by atoms with Crippen LogP contribution in [0.15, 0.2) is 53.5 Å². The number of likely N-dealkylation sites (N-methyl/N-ethyl adjacent to an activating group) is 1. The van der Waals surface area contributed by atoms with Crippen LogP contribution in [0, 0.1) is 10.1 Å². The number of anilines is 1. The van der Waals surface area contributed by atoms with E-state index in [-0.39, 0.29) is 17.6 Å². The molecular weight excluding hydrogens is 336 g/mol. The normalized spacial score (nSPS) is 12.1. The van der Waals surface area contributed by atoms with Gasteiger partial charge in [0.25, 0.3) is 0 Å². The number of fused-ring (bicyclic) bond motifs is 1. The van der Waals surface area contributed by atoms with E-state index in [9.17, 15) is 20.0 Å². The molecule has 1 aromatic carbocycles. The van der Waals surface area contributed by atoms with Gasteiger partial charge in [-0.2, -0.15) is 0 Å². The number of nitro groups is 1. The Hall–Kier alpha value is -3.42. The van der Waals surface area contributed by atoms with Gasteiger partial charge in [-0.3, -0.25) is 19.3 Å². The molecule has 2 aromatic heterocycles. The standard InChI is InChI=1S/C18H18N4O4/c1-12(11-13-6-8-14(23)9-7-13)20(2)17-16(22(25)26)18(24)21-10-4-3-5-15(21)19-17/h3-10,12,23H,11H2,1-2H3/t12-/m1/s1. The molecule has 0 saturated heterocycles. The summed E-state index contributed by atoms with van der Waals surface area (Å²) in [4.78, 5) is 29.3. The minimum Gasteiger partial charge on any atom is -0.508 e. The molecule has 0 spiro atoms. The maximum atomic E-state index is 12.5. The first-order valence-corrected chi connectivity index (χ1v) is 8.05. The van der Waals surface area contributed by atoms with Crippen molar-refractivity contribution in [1.29, 1.82) is 0 Å². The van der Waals surface area contributed by atoms with Gasteiger partial charge in [0.15, 0.2) is 0 Å². The molecule has 0 unspecified atom stereocenters. The number of aromatic hydroxyl groups is 1. The summed E-state index contributed by atoms with van der Waals surface area (Å²) in [5.41, 5.74) is 0.0529. The van der Waals surface area contributed by atoms with E-state index in [0.717, 1.165) is 5.56 Å². The topological polar surface area (TPSA) is 101 Å². The van der Waals surface area contributed by atoms with Crippen molar-refractivity contribution < 1.29 is 10.0 Å². The number of nitrogens with zero attached hydrogens (tertiary/aromatic N) is 4. The van der Waals surface area contributed by atoms with Crippen LogP contribution in [-0.4, -0.2) is 32.5 Å². The fourth-order valence-corrected chi connectivity index (χ4v) is 2.79. The summed E-state index contributed by atoms with van der Waals surface area (Å²) in [6, 6.07) is 11.6. The number of aromatic nitrogens is 2. The van der Waals surface area contributed by atoms with Crippen LogP contribution in [0.2, 0.25) is 0 Å². The van der Waals surface area contributed by atoms with E-state index in [0.29, 0.717) is 12.1 Å². The first kappa shape index (κ1) is 17.4. The molecule has 3 rings (SSSR count).